The molecular weight excluding hydrogens is 283 g/mol. The molecule has 0 bridgehead atoms. The van der Waals surface area contributed by atoms with Gasteiger partial charge in [-0.15, -0.1) is 11.3 Å². The van der Waals surface area contributed by atoms with Crippen LogP contribution >= 0.6 is 11.3 Å². The van der Waals surface area contributed by atoms with Gasteiger partial charge in [0.05, 0.1) is 13.2 Å². The van der Waals surface area contributed by atoms with E-state index in [-0.39, 0.29) is 16.7 Å². The van der Waals surface area contributed by atoms with Gasteiger partial charge in [0, 0.05) is 10.1 Å². The van der Waals surface area contributed by atoms with Gasteiger partial charge in [0.1, 0.15) is 0 Å². The van der Waals surface area contributed by atoms with Crippen molar-refractivity contribution in [1.82, 2.24) is 0 Å². The first kappa shape index (κ1) is 13.2. The van der Waals surface area contributed by atoms with Crippen LogP contribution in [0.2, 0.25) is 0 Å². The Labute approximate surface area is 118 Å². The van der Waals surface area contributed by atoms with Gasteiger partial charge in [0.2, 0.25) is 0 Å². The van der Waals surface area contributed by atoms with E-state index in [0.29, 0.717) is 15.8 Å². The first-order valence-electron chi connectivity index (χ1n) is 6.30. The number of halogens is 1. The van der Waals surface area contributed by atoms with E-state index in [1.807, 2.05) is 0 Å². The van der Waals surface area contributed by atoms with E-state index < -0.39 is 11.8 Å². The van der Waals surface area contributed by atoms with E-state index in [2.05, 4.69) is 0 Å². The van der Waals surface area contributed by atoms with Gasteiger partial charge in [-0.2, -0.15) is 0 Å². The van der Waals surface area contributed by atoms with Crippen molar-refractivity contribution in [2.24, 2.45) is 0 Å². The van der Waals surface area contributed by atoms with Gasteiger partial charge in [0.25, 0.3) is 0 Å². The molecule has 0 amide bonds. The summed E-state index contributed by atoms with van der Waals surface area (Å²) in [6.07, 6.45) is 3.00. The van der Waals surface area contributed by atoms with E-state index in [0.717, 1.165) is 30.6 Å². The van der Waals surface area contributed by atoms with Crippen molar-refractivity contribution in [3.63, 3.8) is 0 Å². The Morgan fingerprint density at radius 1 is 1.45 bits per heavy atom. The van der Waals surface area contributed by atoms with Crippen molar-refractivity contribution in [1.29, 1.82) is 0 Å². The van der Waals surface area contributed by atoms with E-state index in [9.17, 15) is 14.3 Å². The molecule has 0 unspecified atom stereocenters. The number of hydrogen-bond acceptors (Lipinski definition) is 4. The molecule has 20 heavy (non-hydrogen) atoms. The third-order valence-electron chi connectivity index (χ3n) is 3.45. The van der Waals surface area contributed by atoms with Crippen LogP contribution in [0, 0.1) is 5.82 Å². The molecule has 4 nitrogen and oxygen atoms in total. The zero-order valence-corrected chi connectivity index (χ0v) is 11.6. The number of carbonyl (C=O) groups is 1. The van der Waals surface area contributed by atoms with Crippen LogP contribution in [-0.4, -0.2) is 24.3 Å². The lowest BCUT2D eigenvalue weighted by Crippen LogP contribution is -2.25. The molecule has 1 aromatic carbocycles. The van der Waals surface area contributed by atoms with Crippen molar-refractivity contribution >= 4 is 27.4 Å². The Kier molecular flexibility index (Phi) is 3.25. The normalized spacial score (nSPS) is 15.1. The molecule has 0 radical (unpaired) electrons. The summed E-state index contributed by atoms with van der Waals surface area (Å²) >= 11 is 1.02. The second-order valence-electron chi connectivity index (χ2n) is 4.72. The van der Waals surface area contributed by atoms with Crippen molar-refractivity contribution in [3.05, 3.63) is 22.8 Å². The van der Waals surface area contributed by atoms with Crippen molar-refractivity contribution in [2.45, 2.75) is 25.4 Å². The highest BCUT2D eigenvalue weighted by atomic mass is 32.1. The van der Waals surface area contributed by atoms with Crippen LogP contribution in [0.3, 0.4) is 0 Å². The van der Waals surface area contributed by atoms with Gasteiger partial charge in [-0.05, 0) is 31.4 Å². The third-order valence-corrected chi connectivity index (χ3v) is 4.57. The molecule has 3 rings (SSSR count). The summed E-state index contributed by atoms with van der Waals surface area (Å²) in [6.45, 7) is 0. The SMILES string of the molecule is COc1cc2c(OC3CCC3)c(C(=O)O)sc2cc1F. The lowest BCUT2D eigenvalue weighted by atomic mass is 9.96. The van der Waals surface area contributed by atoms with Crippen LogP contribution in [-0.2, 0) is 0 Å². The molecule has 0 saturated heterocycles. The van der Waals surface area contributed by atoms with Gasteiger partial charge in [-0.25, -0.2) is 9.18 Å². The number of aromatic carboxylic acids is 1. The number of thiophene rings is 1. The predicted molar refractivity (Wildman–Crippen MR) is 73.6 cm³/mol. The van der Waals surface area contributed by atoms with Crippen LogP contribution in [0.5, 0.6) is 11.5 Å². The number of benzene rings is 1. The van der Waals surface area contributed by atoms with E-state index in [1.54, 1.807) is 0 Å². The van der Waals surface area contributed by atoms with E-state index >= 15 is 0 Å². The minimum atomic E-state index is -1.06. The second kappa shape index (κ2) is 4.94. The number of carboxylic acids is 1. The molecule has 0 atom stereocenters. The minimum Gasteiger partial charge on any atom is -0.494 e. The lowest BCUT2D eigenvalue weighted by molar-refractivity contribution is 0.0687. The summed E-state index contributed by atoms with van der Waals surface area (Å²) in [5.41, 5.74) is 0. The number of ether oxygens (including phenoxy) is 2. The van der Waals surface area contributed by atoms with Crippen LogP contribution < -0.4 is 9.47 Å². The Hall–Kier alpha value is -1.82. The quantitative estimate of drug-likeness (QED) is 0.935. The number of rotatable bonds is 4. The van der Waals surface area contributed by atoms with Crippen LogP contribution in [0.15, 0.2) is 12.1 Å². The maximum Gasteiger partial charge on any atom is 0.349 e. The summed E-state index contributed by atoms with van der Waals surface area (Å²) < 4.78 is 25.0. The highest BCUT2D eigenvalue weighted by molar-refractivity contribution is 7.21. The Bertz CT molecular complexity index is 675. The van der Waals surface area contributed by atoms with Crippen molar-refractivity contribution < 1.29 is 23.8 Å². The fraction of sp³-hybridized carbons (Fsp3) is 0.357. The first-order valence-corrected chi connectivity index (χ1v) is 7.11. The average molecular weight is 296 g/mol. The number of fused-ring (bicyclic) bond motifs is 1. The standard InChI is InChI=1S/C14H13FO4S/c1-18-10-5-8-11(6-9(10)15)20-13(14(16)17)12(8)19-7-3-2-4-7/h5-7H,2-4H2,1H3,(H,16,17). The zero-order chi connectivity index (χ0) is 14.3. The molecule has 6 heteroatoms. The first-order chi connectivity index (χ1) is 9.60. The fourth-order valence-corrected chi connectivity index (χ4v) is 3.13. The van der Waals surface area contributed by atoms with Gasteiger partial charge >= 0.3 is 5.97 Å². The van der Waals surface area contributed by atoms with Crippen LogP contribution in [0.25, 0.3) is 10.1 Å². The maximum absolute atomic E-state index is 13.7. The minimum absolute atomic E-state index is 0.0574. The lowest BCUT2D eigenvalue weighted by Gasteiger charge is -2.26. The summed E-state index contributed by atoms with van der Waals surface area (Å²) in [4.78, 5) is 11.4. The third kappa shape index (κ3) is 2.10. The average Bonchev–Trinajstić information content (AvgIpc) is 2.70. The predicted octanol–water partition coefficient (Wildman–Crippen LogP) is 3.68. The highest BCUT2D eigenvalue weighted by Crippen LogP contribution is 2.42. The highest BCUT2D eigenvalue weighted by Gasteiger charge is 2.26. The Balaban J connectivity index is 2.15. The molecule has 0 spiro atoms. The van der Waals surface area contributed by atoms with Crippen molar-refractivity contribution in [2.75, 3.05) is 7.11 Å². The van der Waals surface area contributed by atoms with Gasteiger partial charge in [-0.3, -0.25) is 0 Å². The van der Waals surface area contributed by atoms with Gasteiger partial charge in [0.15, 0.2) is 22.2 Å². The van der Waals surface area contributed by atoms with E-state index in [1.165, 1.54) is 19.2 Å². The topological polar surface area (TPSA) is 55.8 Å². The maximum atomic E-state index is 13.7. The second-order valence-corrected chi connectivity index (χ2v) is 5.77. The summed E-state index contributed by atoms with van der Waals surface area (Å²) in [5, 5.41) is 9.87. The molecule has 0 aliphatic heterocycles. The Morgan fingerprint density at radius 2 is 2.20 bits per heavy atom. The monoisotopic (exact) mass is 296 g/mol. The zero-order valence-electron chi connectivity index (χ0n) is 10.8. The summed E-state index contributed by atoms with van der Waals surface area (Å²) in [7, 11) is 1.38. The molecule has 1 fully saturated rings. The van der Waals surface area contributed by atoms with Crippen molar-refractivity contribution in [3.8, 4) is 11.5 Å². The fourth-order valence-electron chi connectivity index (χ4n) is 2.15. The van der Waals surface area contributed by atoms with Gasteiger partial charge < -0.3 is 14.6 Å². The molecule has 1 aromatic heterocycles. The number of hydrogen-bond donors (Lipinski definition) is 1. The summed E-state index contributed by atoms with van der Waals surface area (Å²) in [6, 6.07) is 2.79. The largest absolute Gasteiger partial charge is 0.494 e. The molecule has 1 N–H and O–H groups in total. The molecule has 1 aliphatic rings. The van der Waals surface area contributed by atoms with Crippen LogP contribution in [0.1, 0.15) is 28.9 Å². The smallest absolute Gasteiger partial charge is 0.349 e. The Morgan fingerprint density at radius 3 is 2.75 bits per heavy atom. The number of carboxylic acid groups (broad SMARTS) is 1. The molecule has 106 valence electrons. The number of methoxy groups -OCH3 is 1. The molecular formula is C14H13FO4S. The van der Waals surface area contributed by atoms with E-state index in [4.69, 9.17) is 9.47 Å². The molecule has 1 aliphatic carbocycles. The molecule has 2 aromatic rings. The summed E-state index contributed by atoms with van der Waals surface area (Å²) in [5.74, 6) is -1.14. The molecule has 1 saturated carbocycles. The van der Waals surface area contributed by atoms with Crippen LogP contribution in [0.4, 0.5) is 4.39 Å². The molecule has 1 heterocycles. The van der Waals surface area contributed by atoms with Gasteiger partial charge in [-0.1, -0.05) is 0 Å².